The average molecular weight is 882 g/mol. The first-order chi connectivity index (χ1) is 31.4. The predicted molar refractivity (Wildman–Crippen MR) is 280 cm³/mol. The van der Waals surface area contributed by atoms with Crippen LogP contribution in [0, 0.1) is 0 Å². The molecule has 4 heteroatoms. The molecule has 328 valence electrons. The molecule has 2 aliphatic carbocycles. The number of nitrogens with zero attached hydrogens (tertiary/aromatic N) is 2. The van der Waals surface area contributed by atoms with Crippen LogP contribution < -0.4 is 9.64 Å². The molecule has 0 amide bonds. The molecule has 0 saturated heterocycles. The summed E-state index contributed by atoms with van der Waals surface area (Å²) in [5, 5.41) is 3.04. The van der Waals surface area contributed by atoms with Crippen LogP contribution in [0.3, 0.4) is 0 Å². The van der Waals surface area contributed by atoms with Crippen LogP contribution in [0.1, 0.15) is 103 Å². The molecule has 0 N–H and O–H groups in total. The van der Waals surface area contributed by atoms with Gasteiger partial charge >= 0.3 is 0 Å². The standard InChI is InChI=1S/C62H57ClN2O/c1-59(2,3)38-26-30-40(31-27-38)64(53-24-17-25-56(58(53)63)66-42-32-28-39(29-33-42)60(4,5)6)41-34-48-44-19-12-15-22-50(44)62(9,10)57(48)55(35-41)65-52-23-16-13-20-45(52)47-36-51-46(37-54(47)65)43-18-11-14-21-49(43)61(51,7)8/h11-37H,1-10H3. The Bertz CT molecular complexity index is 3410. The lowest BCUT2D eigenvalue weighted by Gasteiger charge is -2.31. The number of halogens is 1. The quantitative estimate of drug-likeness (QED) is 0.166. The van der Waals surface area contributed by atoms with Gasteiger partial charge in [-0.3, -0.25) is 0 Å². The molecule has 1 heterocycles. The highest BCUT2D eigenvalue weighted by atomic mass is 35.5. The Balaban J connectivity index is 1.19. The molecule has 3 nitrogen and oxygen atoms in total. The van der Waals surface area contributed by atoms with Gasteiger partial charge in [0.2, 0.25) is 0 Å². The highest BCUT2D eigenvalue weighted by Gasteiger charge is 2.41. The van der Waals surface area contributed by atoms with Crippen molar-refractivity contribution in [2.75, 3.05) is 4.90 Å². The van der Waals surface area contributed by atoms with Gasteiger partial charge in [0.05, 0.1) is 22.4 Å². The Morgan fingerprint density at radius 2 is 1.08 bits per heavy atom. The van der Waals surface area contributed by atoms with Crippen molar-refractivity contribution in [3.05, 3.63) is 202 Å². The minimum atomic E-state index is -0.296. The Kier molecular flexibility index (Phi) is 9.40. The van der Waals surface area contributed by atoms with E-state index >= 15 is 0 Å². The number of ether oxygens (including phenoxy) is 1. The third-order valence-electron chi connectivity index (χ3n) is 14.6. The average Bonchev–Trinajstić information content (AvgIpc) is 3.83. The van der Waals surface area contributed by atoms with Gasteiger partial charge in [-0.2, -0.15) is 0 Å². The molecule has 9 aromatic rings. The van der Waals surface area contributed by atoms with Crippen molar-refractivity contribution < 1.29 is 4.74 Å². The molecule has 11 rings (SSSR count). The smallest absolute Gasteiger partial charge is 0.148 e. The van der Waals surface area contributed by atoms with Crippen LogP contribution in [0.5, 0.6) is 11.5 Å². The minimum absolute atomic E-state index is 0.0141. The summed E-state index contributed by atoms with van der Waals surface area (Å²) in [6.07, 6.45) is 0. The highest BCUT2D eigenvalue weighted by molar-refractivity contribution is 6.35. The van der Waals surface area contributed by atoms with Crippen molar-refractivity contribution >= 4 is 50.5 Å². The summed E-state index contributed by atoms with van der Waals surface area (Å²) in [4.78, 5) is 2.33. The maximum Gasteiger partial charge on any atom is 0.148 e. The topological polar surface area (TPSA) is 17.4 Å². The molecule has 8 aromatic carbocycles. The SMILES string of the molecule is CC(C)(C)c1ccc(Oc2cccc(N(c3ccc(C(C)(C)C)cc3)c3cc4c(c(-n5c6ccccc6c6cc7c(cc65)-c5ccccc5C7(C)C)c3)C(C)(C)c3ccccc3-4)c2Cl)cc1. The highest BCUT2D eigenvalue weighted by Crippen LogP contribution is 2.56. The van der Waals surface area contributed by atoms with Crippen LogP contribution in [-0.4, -0.2) is 4.57 Å². The van der Waals surface area contributed by atoms with Crippen LogP contribution in [-0.2, 0) is 21.7 Å². The van der Waals surface area contributed by atoms with E-state index in [0.717, 1.165) is 28.5 Å². The Morgan fingerprint density at radius 3 is 1.74 bits per heavy atom. The van der Waals surface area contributed by atoms with Crippen molar-refractivity contribution in [2.24, 2.45) is 0 Å². The minimum Gasteiger partial charge on any atom is -0.456 e. The van der Waals surface area contributed by atoms with Crippen LogP contribution in [0.4, 0.5) is 17.1 Å². The summed E-state index contributed by atoms with van der Waals surface area (Å²) in [5.41, 5.74) is 19.0. The molecule has 0 atom stereocenters. The van der Waals surface area contributed by atoms with Crippen molar-refractivity contribution in [3.8, 4) is 39.4 Å². The van der Waals surface area contributed by atoms with Gasteiger partial charge in [0, 0.05) is 33.0 Å². The van der Waals surface area contributed by atoms with E-state index in [1.165, 1.54) is 77.4 Å². The molecule has 0 bridgehead atoms. The summed E-state index contributed by atoms with van der Waals surface area (Å²) in [6.45, 7) is 23.0. The molecule has 0 aliphatic heterocycles. The second-order valence-corrected chi connectivity index (χ2v) is 22.0. The van der Waals surface area contributed by atoms with Crippen LogP contribution in [0.25, 0.3) is 49.7 Å². The number of fused-ring (bicyclic) bond motifs is 9. The summed E-state index contributed by atoms with van der Waals surface area (Å²) >= 11 is 7.65. The van der Waals surface area contributed by atoms with Gasteiger partial charge in [-0.25, -0.2) is 0 Å². The number of aromatic nitrogens is 1. The summed E-state index contributed by atoms with van der Waals surface area (Å²) in [7, 11) is 0. The van der Waals surface area contributed by atoms with Gasteiger partial charge in [-0.1, -0.05) is 178 Å². The first kappa shape index (κ1) is 42.1. The van der Waals surface area contributed by atoms with E-state index in [1.54, 1.807) is 0 Å². The van der Waals surface area contributed by atoms with Crippen molar-refractivity contribution in [2.45, 2.75) is 90.9 Å². The molecule has 0 fully saturated rings. The van der Waals surface area contributed by atoms with Crippen molar-refractivity contribution in [1.29, 1.82) is 0 Å². The van der Waals surface area contributed by atoms with Crippen molar-refractivity contribution in [3.63, 3.8) is 0 Å². The second kappa shape index (κ2) is 14.7. The van der Waals surface area contributed by atoms with Crippen LogP contribution in [0.2, 0.25) is 5.02 Å². The lowest BCUT2D eigenvalue weighted by molar-refractivity contribution is 0.482. The fraction of sp³-hybridized carbons (Fsp3) is 0.226. The number of para-hydroxylation sites is 1. The zero-order valence-corrected chi connectivity index (χ0v) is 40.5. The van der Waals surface area contributed by atoms with E-state index in [9.17, 15) is 0 Å². The second-order valence-electron chi connectivity index (χ2n) is 21.6. The summed E-state index contributed by atoms with van der Waals surface area (Å²) in [6, 6.07) is 60.1. The van der Waals surface area contributed by atoms with Gasteiger partial charge < -0.3 is 14.2 Å². The zero-order valence-electron chi connectivity index (χ0n) is 39.8. The normalized spacial score (nSPS) is 14.5. The first-order valence-corrected chi connectivity index (χ1v) is 23.7. The Labute approximate surface area is 395 Å². The van der Waals surface area contributed by atoms with Gasteiger partial charge in [-0.15, -0.1) is 0 Å². The fourth-order valence-electron chi connectivity index (χ4n) is 11.0. The lowest BCUT2D eigenvalue weighted by Crippen LogP contribution is -2.19. The number of hydrogen-bond donors (Lipinski definition) is 0. The summed E-state index contributed by atoms with van der Waals surface area (Å²) < 4.78 is 9.20. The third kappa shape index (κ3) is 6.45. The fourth-order valence-corrected chi connectivity index (χ4v) is 11.3. The molecule has 0 radical (unpaired) electrons. The van der Waals surface area contributed by atoms with E-state index in [-0.39, 0.29) is 21.7 Å². The number of hydrogen-bond acceptors (Lipinski definition) is 2. The van der Waals surface area contributed by atoms with E-state index in [0.29, 0.717) is 10.8 Å². The van der Waals surface area contributed by atoms with E-state index in [2.05, 4.69) is 224 Å². The van der Waals surface area contributed by atoms with Gasteiger partial charge in [-0.05, 0) is 133 Å². The number of rotatable bonds is 6. The lowest BCUT2D eigenvalue weighted by atomic mass is 9.81. The monoisotopic (exact) mass is 880 g/mol. The number of benzene rings is 8. The molecular weight excluding hydrogens is 824 g/mol. The van der Waals surface area contributed by atoms with Crippen LogP contribution in [0.15, 0.2) is 164 Å². The zero-order chi connectivity index (χ0) is 46.1. The maximum atomic E-state index is 7.65. The molecular formula is C62H57ClN2O. The molecule has 66 heavy (non-hydrogen) atoms. The van der Waals surface area contributed by atoms with E-state index in [4.69, 9.17) is 16.3 Å². The van der Waals surface area contributed by atoms with E-state index < -0.39 is 0 Å². The third-order valence-corrected chi connectivity index (χ3v) is 15.0. The van der Waals surface area contributed by atoms with Crippen molar-refractivity contribution in [1.82, 2.24) is 4.57 Å². The number of anilines is 3. The Hall–Kier alpha value is -6.55. The molecule has 1 aromatic heterocycles. The van der Waals surface area contributed by atoms with Gasteiger partial charge in [0.1, 0.15) is 16.5 Å². The van der Waals surface area contributed by atoms with Crippen LogP contribution >= 0.6 is 11.6 Å². The first-order valence-electron chi connectivity index (χ1n) is 23.4. The summed E-state index contributed by atoms with van der Waals surface area (Å²) in [5.74, 6) is 1.34. The van der Waals surface area contributed by atoms with Gasteiger partial charge in [0.25, 0.3) is 0 Å². The largest absolute Gasteiger partial charge is 0.456 e. The Morgan fingerprint density at radius 1 is 0.485 bits per heavy atom. The molecule has 0 saturated carbocycles. The molecule has 0 unspecified atom stereocenters. The molecule has 2 aliphatic rings. The molecule has 0 spiro atoms. The van der Waals surface area contributed by atoms with E-state index in [1.807, 2.05) is 18.2 Å². The maximum absolute atomic E-state index is 7.65. The van der Waals surface area contributed by atoms with Gasteiger partial charge in [0.15, 0.2) is 0 Å². The predicted octanol–water partition coefficient (Wildman–Crippen LogP) is 17.9.